The highest BCUT2D eigenvalue weighted by Gasteiger charge is 2.03. The van der Waals surface area contributed by atoms with Crippen molar-refractivity contribution < 1.29 is 9.53 Å². The fourth-order valence-corrected chi connectivity index (χ4v) is 1.64. The summed E-state index contributed by atoms with van der Waals surface area (Å²) in [5, 5.41) is 0. The summed E-state index contributed by atoms with van der Waals surface area (Å²) in [5.41, 5.74) is 2.48. The molecule has 0 fully saturated rings. The van der Waals surface area contributed by atoms with Gasteiger partial charge in [-0.05, 0) is 36.5 Å². The molecule has 3 heteroatoms. The van der Waals surface area contributed by atoms with Gasteiger partial charge in [-0.3, -0.25) is 0 Å². The monoisotopic (exact) mass is 219 g/mol. The van der Waals surface area contributed by atoms with Gasteiger partial charge in [-0.25, -0.2) is 9.79 Å². The number of aryl methyl sites for hydroxylation is 2. The fraction of sp³-hybridized carbons (Fsp3) is 0.462. The summed E-state index contributed by atoms with van der Waals surface area (Å²) < 4.78 is 5.29. The van der Waals surface area contributed by atoms with E-state index < -0.39 is 0 Å². The summed E-state index contributed by atoms with van der Waals surface area (Å²) >= 11 is 0. The van der Waals surface area contributed by atoms with Gasteiger partial charge in [0, 0.05) is 0 Å². The standard InChI is InChI=1S/C13H17NO2/c1-3-11-6-7-13(16-2)12(9-11)5-4-8-14-10-15/h6-7,9H,3-5,8H2,1-2H3. The molecule has 1 aromatic rings. The van der Waals surface area contributed by atoms with Crippen LogP contribution in [0.5, 0.6) is 5.75 Å². The van der Waals surface area contributed by atoms with Crippen LogP contribution >= 0.6 is 0 Å². The molecule has 0 unspecified atom stereocenters. The van der Waals surface area contributed by atoms with Gasteiger partial charge in [0.25, 0.3) is 0 Å². The number of methoxy groups -OCH3 is 1. The highest BCUT2D eigenvalue weighted by atomic mass is 16.5. The number of benzene rings is 1. The largest absolute Gasteiger partial charge is 0.496 e. The van der Waals surface area contributed by atoms with Gasteiger partial charge in [-0.1, -0.05) is 19.1 Å². The fourth-order valence-electron chi connectivity index (χ4n) is 1.64. The molecule has 0 atom stereocenters. The van der Waals surface area contributed by atoms with Crippen LogP contribution in [0, 0.1) is 0 Å². The number of rotatable bonds is 6. The summed E-state index contributed by atoms with van der Waals surface area (Å²) in [7, 11) is 1.67. The molecule has 3 nitrogen and oxygen atoms in total. The Morgan fingerprint density at radius 3 is 2.88 bits per heavy atom. The van der Waals surface area contributed by atoms with E-state index in [1.807, 2.05) is 6.07 Å². The van der Waals surface area contributed by atoms with Crippen LogP contribution in [0.4, 0.5) is 0 Å². The second kappa shape index (κ2) is 6.81. The van der Waals surface area contributed by atoms with Gasteiger partial charge >= 0.3 is 0 Å². The molecule has 0 aliphatic carbocycles. The van der Waals surface area contributed by atoms with Crippen molar-refractivity contribution in [3.8, 4) is 5.75 Å². The van der Waals surface area contributed by atoms with Gasteiger partial charge in [-0.15, -0.1) is 0 Å². The van der Waals surface area contributed by atoms with Gasteiger partial charge in [0.2, 0.25) is 6.08 Å². The molecule has 0 bridgehead atoms. The molecule has 1 rings (SSSR count). The van der Waals surface area contributed by atoms with Crippen molar-refractivity contribution in [1.82, 2.24) is 0 Å². The predicted octanol–water partition coefficient (Wildman–Crippen LogP) is 2.53. The van der Waals surface area contributed by atoms with Gasteiger partial charge in [0.05, 0.1) is 13.7 Å². The van der Waals surface area contributed by atoms with Crippen LogP contribution in [0.1, 0.15) is 24.5 Å². The Bertz CT molecular complexity index is 382. The predicted molar refractivity (Wildman–Crippen MR) is 63.7 cm³/mol. The molecule has 0 aliphatic heterocycles. The molecule has 86 valence electrons. The second-order valence-electron chi connectivity index (χ2n) is 3.58. The lowest BCUT2D eigenvalue weighted by Gasteiger charge is -2.09. The van der Waals surface area contributed by atoms with E-state index in [2.05, 4.69) is 24.0 Å². The number of nitrogens with zero attached hydrogens (tertiary/aromatic N) is 1. The Balaban J connectivity index is 2.70. The first kappa shape index (κ1) is 12.5. The molecule has 0 aromatic heterocycles. The minimum absolute atomic E-state index is 0.531. The van der Waals surface area contributed by atoms with Gasteiger partial charge in [0.15, 0.2) is 0 Å². The van der Waals surface area contributed by atoms with Crippen molar-refractivity contribution in [2.75, 3.05) is 13.7 Å². The molecule has 0 saturated carbocycles. The Labute approximate surface area is 96.2 Å². The third kappa shape index (κ3) is 3.52. The highest BCUT2D eigenvalue weighted by molar-refractivity contribution is 5.37. The van der Waals surface area contributed by atoms with E-state index in [-0.39, 0.29) is 0 Å². The first-order valence-electron chi connectivity index (χ1n) is 5.51. The van der Waals surface area contributed by atoms with Crippen LogP contribution in [0.2, 0.25) is 0 Å². The third-order valence-electron chi connectivity index (χ3n) is 2.53. The van der Waals surface area contributed by atoms with Crippen molar-refractivity contribution in [3.05, 3.63) is 29.3 Å². The summed E-state index contributed by atoms with van der Waals surface area (Å²) in [6, 6.07) is 6.23. The van der Waals surface area contributed by atoms with Gasteiger partial charge in [-0.2, -0.15) is 0 Å². The van der Waals surface area contributed by atoms with Gasteiger partial charge in [0.1, 0.15) is 5.75 Å². The van der Waals surface area contributed by atoms with Crippen molar-refractivity contribution >= 4 is 6.08 Å². The zero-order valence-electron chi connectivity index (χ0n) is 9.82. The zero-order valence-corrected chi connectivity index (χ0v) is 9.82. The molecule has 16 heavy (non-hydrogen) atoms. The molecule has 0 aliphatic rings. The number of aliphatic imine (C=N–C) groups is 1. The van der Waals surface area contributed by atoms with E-state index in [0.29, 0.717) is 6.54 Å². The number of hydrogen-bond acceptors (Lipinski definition) is 3. The van der Waals surface area contributed by atoms with Crippen LogP contribution in [-0.4, -0.2) is 19.7 Å². The van der Waals surface area contributed by atoms with Crippen LogP contribution in [-0.2, 0) is 17.6 Å². The Morgan fingerprint density at radius 1 is 1.44 bits per heavy atom. The molecule has 0 radical (unpaired) electrons. The maximum atomic E-state index is 9.92. The molecular weight excluding hydrogens is 202 g/mol. The minimum Gasteiger partial charge on any atom is -0.496 e. The minimum atomic E-state index is 0.531. The average Bonchev–Trinajstić information content (AvgIpc) is 2.34. The van der Waals surface area contributed by atoms with E-state index in [1.165, 1.54) is 11.1 Å². The number of hydrogen-bond donors (Lipinski definition) is 0. The molecule has 0 amide bonds. The van der Waals surface area contributed by atoms with Crippen molar-refractivity contribution in [2.45, 2.75) is 26.2 Å². The number of ether oxygens (including phenoxy) is 1. The highest BCUT2D eigenvalue weighted by Crippen LogP contribution is 2.21. The van der Waals surface area contributed by atoms with Crippen molar-refractivity contribution in [3.63, 3.8) is 0 Å². The van der Waals surface area contributed by atoms with E-state index >= 15 is 0 Å². The summed E-state index contributed by atoms with van der Waals surface area (Å²) in [6.07, 6.45) is 4.29. The number of isocyanates is 1. The van der Waals surface area contributed by atoms with E-state index in [1.54, 1.807) is 13.2 Å². The zero-order chi connectivity index (χ0) is 11.8. The third-order valence-corrected chi connectivity index (χ3v) is 2.53. The maximum absolute atomic E-state index is 9.92. The van der Waals surface area contributed by atoms with E-state index in [9.17, 15) is 4.79 Å². The molecule has 0 saturated heterocycles. The Hall–Kier alpha value is -1.60. The molecule has 0 N–H and O–H groups in total. The smallest absolute Gasteiger partial charge is 0.234 e. The topological polar surface area (TPSA) is 38.7 Å². The lowest BCUT2D eigenvalue weighted by molar-refractivity contribution is 0.409. The summed E-state index contributed by atoms with van der Waals surface area (Å²) in [6.45, 7) is 2.66. The van der Waals surface area contributed by atoms with E-state index in [4.69, 9.17) is 4.74 Å². The lowest BCUT2D eigenvalue weighted by Crippen LogP contribution is -1.95. The van der Waals surface area contributed by atoms with Crippen LogP contribution < -0.4 is 4.74 Å². The molecule has 0 spiro atoms. The maximum Gasteiger partial charge on any atom is 0.234 e. The van der Waals surface area contributed by atoms with Crippen molar-refractivity contribution in [1.29, 1.82) is 0 Å². The second-order valence-corrected chi connectivity index (χ2v) is 3.58. The quantitative estimate of drug-likeness (QED) is 0.419. The van der Waals surface area contributed by atoms with Gasteiger partial charge < -0.3 is 4.74 Å². The van der Waals surface area contributed by atoms with Crippen LogP contribution in [0.25, 0.3) is 0 Å². The molecule has 1 aromatic carbocycles. The lowest BCUT2D eigenvalue weighted by atomic mass is 10.0. The Morgan fingerprint density at radius 2 is 2.25 bits per heavy atom. The first-order valence-corrected chi connectivity index (χ1v) is 5.51. The summed E-state index contributed by atoms with van der Waals surface area (Å²) in [5.74, 6) is 0.910. The number of carbonyl (C=O) groups excluding carboxylic acids is 1. The molecular formula is C13H17NO2. The van der Waals surface area contributed by atoms with Crippen LogP contribution in [0.3, 0.4) is 0 Å². The van der Waals surface area contributed by atoms with E-state index in [0.717, 1.165) is 25.0 Å². The SMILES string of the molecule is CCc1ccc(OC)c(CCCN=C=O)c1. The molecule has 0 heterocycles. The Kier molecular flexibility index (Phi) is 5.30. The average molecular weight is 219 g/mol. The summed E-state index contributed by atoms with van der Waals surface area (Å²) in [4.78, 5) is 13.5. The van der Waals surface area contributed by atoms with Crippen LogP contribution in [0.15, 0.2) is 23.2 Å². The normalized spacial score (nSPS) is 9.62. The van der Waals surface area contributed by atoms with Crippen molar-refractivity contribution in [2.24, 2.45) is 4.99 Å². The first-order chi connectivity index (χ1) is 7.81.